The maximum Gasteiger partial charge on any atom is 0.295 e. The van der Waals surface area contributed by atoms with Crippen molar-refractivity contribution in [1.29, 1.82) is 0 Å². The fraction of sp³-hybridized carbons (Fsp3) is 0.179. The van der Waals surface area contributed by atoms with Crippen molar-refractivity contribution in [2.75, 3.05) is 13.2 Å². The number of carbonyl (C=O) groups is 2. The first-order chi connectivity index (χ1) is 17.0. The number of ketones is 1. The number of ether oxygens (including phenoxy) is 2. The average molecular weight is 471 g/mol. The second-order valence-electron chi connectivity index (χ2n) is 7.92. The number of likely N-dealkylation sites (tertiary alicyclic amines) is 1. The Kier molecular flexibility index (Phi) is 7.26. The van der Waals surface area contributed by atoms with E-state index in [0.29, 0.717) is 35.8 Å². The van der Waals surface area contributed by atoms with Crippen LogP contribution in [0.3, 0.4) is 0 Å². The third-order valence-corrected chi connectivity index (χ3v) is 5.60. The summed E-state index contributed by atoms with van der Waals surface area (Å²) in [6.45, 7) is 6.52. The number of hydrogen-bond donors (Lipinski definition) is 1. The van der Waals surface area contributed by atoms with Gasteiger partial charge >= 0.3 is 0 Å². The molecule has 0 radical (unpaired) electrons. The highest BCUT2D eigenvalue weighted by molar-refractivity contribution is 6.46. The van der Waals surface area contributed by atoms with Crippen LogP contribution >= 0.6 is 0 Å². The molecule has 2 aromatic carbocycles. The molecule has 4 rings (SSSR count). The van der Waals surface area contributed by atoms with Crippen molar-refractivity contribution in [2.45, 2.75) is 19.5 Å². The van der Waals surface area contributed by atoms with Crippen LogP contribution in [0.25, 0.3) is 5.76 Å². The normalized spacial score (nSPS) is 16.8. The minimum Gasteiger partial charge on any atom is -0.507 e. The number of carbonyl (C=O) groups excluding carboxylic acids is 2. The molecule has 1 saturated heterocycles. The Morgan fingerprint density at radius 3 is 2.57 bits per heavy atom. The average Bonchev–Trinajstić information content (AvgIpc) is 3.13. The first-order valence-corrected chi connectivity index (χ1v) is 11.3. The number of nitrogens with zero attached hydrogens (tertiary/aromatic N) is 2. The number of aliphatic hydroxyl groups is 1. The molecule has 0 saturated carbocycles. The van der Waals surface area contributed by atoms with E-state index in [-0.39, 0.29) is 17.9 Å². The summed E-state index contributed by atoms with van der Waals surface area (Å²) in [5.41, 5.74) is 1.84. The molecule has 1 aliphatic rings. The maximum absolute atomic E-state index is 13.2. The zero-order valence-electron chi connectivity index (χ0n) is 19.4. The van der Waals surface area contributed by atoms with Gasteiger partial charge in [0.25, 0.3) is 11.7 Å². The van der Waals surface area contributed by atoms with Gasteiger partial charge in [-0.1, -0.05) is 30.9 Å². The summed E-state index contributed by atoms with van der Waals surface area (Å²) < 4.78 is 11.1. The Labute approximate surface area is 203 Å². The largest absolute Gasteiger partial charge is 0.507 e. The maximum atomic E-state index is 13.2. The van der Waals surface area contributed by atoms with Gasteiger partial charge in [-0.25, -0.2) is 0 Å². The molecule has 0 spiro atoms. The van der Waals surface area contributed by atoms with Crippen LogP contribution in [0.15, 0.2) is 91.3 Å². The van der Waals surface area contributed by atoms with Crippen LogP contribution in [-0.4, -0.2) is 39.9 Å². The number of rotatable bonds is 9. The van der Waals surface area contributed by atoms with E-state index in [4.69, 9.17) is 9.47 Å². The minimum absolute atomic E-state index is 0.0175. The second kappa shape index (κ2) is 10.7. The molecule has 35 heavy (non-hydrogen) atoms. The number of aliphatic hydroxyl groups excluding tert-OH is 1. The van der Waals surface area contributed by atoms with Gasteiger partial charge in [-0.2, -0.15) is 0 Å². The summed E-state index contributed by atoms with van der Waals surface area (Å²) in [6.07, 6.45) is 4.92. The molecule has 2 heterocycles. The third kappa shape index (κ3) is 5.09. The number of benzene rings is 2. The van der Waals surface area contributed by atoms with Crippen molar-refractivity contribution in [3.63, 3.8) is 0 Å². The molecule has 7 heteroatoms. The van der Waals surface area contributed by atoms with Crippen molar-refractivity contribution in [1.82, 2.24) is 9.88 Å². The fourth-order valence-corrected chi connectivity index (χ4v) is 4.04. The topological polar surface area (TPSA) is 89.0 Å². The quantitative estimate of drug-likeness (QED) is 0.212. The lowest BCUT2D eigenvalue weighted by molar-refractivity contribution is -0.140. The van der Waals surface area contributed by atoms with Crippen molar-refractivity contribution in [2.24, 2.45) is 0 Å². The number of amides is 1. The van der Waals surface area contributed by atoms with Crippen molar-refractivity contribution >= 4 is 17.4 Å². The molecule has 1 aromatic heterocycles. The van der Waals surface area contributed by atoms with E-state index in [9.17, 15) is 14.7 Å². The van der Waals surface area contributed by atoms with Gasteiger partial charge in [0.05, 0.1) is 18.2 Å². The zero-order chi connectivity index (χ0) is 24.8. The highest BCUT2D eigenvalue weighted by Crippen LogP contribution is 2.41. The number of hydrogen-bond acceptors (Lipinski definition) is 6. The summed E-state index contributed by atoms with van der Waals surface area (Å²) in [7, 11) is 0. The van der Waals surface area contributed by atoms with Gasteiger partial charge in [0, 0.05) is 24.5 Å². The third-order valence-electron chi connectivity index (χ3n) is 5.60. The summed E-state index contributed by atoms with van der Waals surface area (Å²) in [6, 6.07) is 16.7. The van der Waals surface area contributed by atoms with Gasteiger partial charge in [-0.15, -0.1) is 0 Å². The van der Waals surface area contributed by atoms with Crippen LogP contribution in [0.1, 0.15) is 29.7 Å². The Bertz CT molecular complexity index is 1250. The lowest BCUT2D eigenvalue weighted by atomic mass is 9.95. The van der Waals surface area contributed by atoms with E-state index in [0.717, 1.165) is 5.56 Å². The molecule has 1 N–H and O–H groups in total. The molecule has 1 fully saturated rings. The summed E-state index contributed by atoms with van der Waals surface area (Å²) in [4.78, 5) is 32.0. The Hall–Kier alpha value is -4.39. The van der Waals surface area contributed by atoms with Crippen LogP contribution in [0, 0.1) is 0 Å². The fourth-order valence-electron chi connectivity index (χ4n) is 4.04. The van der Waals surface area contributed by atoms with Gasteiger partial charge in [-0.3, -0.25) is 14.6 Å². The zero-order valence-corrected chi connectivity index (χ0v) is 19.4. The predicted molar refractivity (Wildman–Crippen MR) is 132 cm³/mol. The molecule has 178 valence electrons. The molecule has 0 bridgehead atoms. The summed E-state index contributed by atoms with van der Waals surface area (Å²) >= 11 is 0. The van der Waals surface area contributed by atoms with Gasteiger partial charge in [0.1, 0.15) is 23.9 Å². The molecule has 1 aliphatic heterocycles. The first kappa shape index (κ1) is 23.8. The Morgan fingerprint density at radius 2 is 1.89 bits per heavy atom. The van der Waals surface area contributed by atoms with Gasteiger partial charge < -0.3 is 19.5 Å². The van der Waals surface area contributed by atoms with Gasteiger partial charge in [-0.05, 0) is 60.5 Å². The van der Waals surface area contributed by atoms with E-state index in [1.807, 2.05) is 13.0 Å². The predicted octanol–water partition coefficient (Wildman–Crippen LogP) is 4.67. The lowest BCUT2D eigenvalue weighted by Gasteiger charge is -2.25. The lowest BCUT2D eigenvalue weighted by Crippen LogP contribution is -2.29. The Balaban J connectivity index is 1.81. The molecule has 0 unspecified atom stereocenters. The highest BCUT2D eigenvalue weighted by Gasteiger charge is 2.46. The van der Waals surface area contributed by atoms with E-state index >= 15 is 0 Å². The number of Topliss-reactive ketones (excluding diaryl/α,β-unsaturated/α-hetero) is 1. The van der Waals surface area contributed by atoms with Crippen LogP contribution in [0.2, 0.25) is 0 Å². The Morgan fingerprint density at radius 1 is 1.09 bits per heavy atom. The molecule has 1 atom stereocenters. The molecular formula is C28H26N2O5. The van der Waals surface area contributed by atoms with E-state index < -0.39 is 17.7 Å². The molecule has 3 aromatic rings. The second-order valence-corrected chi connectivity index (χ2v) is 7.92. The first-order valence-electron chi connectivity index (χ1n) is 11.3. The van der Waals surface area contributed by atoms with Crippen molar-refractivity contribution in [3.05, 3.63) is 108 Å². The summed E-state index contributed by atoms with van der Waals surface area (Å²) in [5.74, 6) is -0.478. The minimum atomic E-state index is -0.811. The molecule has 7 nitrogen and oxygen atoms in total. The highest BCUT2D eigenvalue weighted by atomic mass is 16.5. The molecular weight excluding hydrogens is 444 g/mol. The summed E-state index contributed by atoms with van der Waals surface area (Å²) in [5, 5.41) is 11.2. The monoisotopic (exact) mass is 470 g/mol. The van der Waals surface area contributed by atoms with E-state index in [2.05, 4.69) is 11.6 Å². The molecule has 0 aliphatic carbocycles. The van der Waals surface area contributed by atoms with E-state index in [1.165, 1.54) is 4.90 Å². The van der Waals surface area contributed by atoms with E-state index in [1.54, 1.807) is 73.1 Å². The van der Waals surface area contributed by atoms with Crippen molar-refractivity contribution < 1.29 is 24.2 Å². The van der Waals surface area contributed by atoms with Gasteiger partial charge in [0.15, 0.2) is 0 Å². The van der Waals surface area contributed by atoms with Crippen LogP contribution in [0.4, 0.5) is 0 Å². The van der Waals surface area contributed by atoms with Gasteiger partial charge in [0.2, 0.25) is 0 Å². The smallest absolute Gasteiger partial charge is 0.295 e. The standard InChI is InChI=1S/C28H26N2O5/c1-3-15-35-23-9-5-8-21(16-23)25-24(26(31)20-10-12-22(13-11-20)34-4-2)27(32)28(33)30(25)18-19-7-6-14-29-17-19/h3,5-14,16-17,25,31H,1,4,15,18H2,2H3/b26-24+/t25-/m1/s1. The number of pyridine rings is 1. The van der Waals surface area contributed by atoms with Crippen molar-refractivity contribution in [3.8, 4) is 11.5 Å². The van der Waals surface area contributed by atoms with Crippen LogP contribution in [0.5, 0.6) is 11.5 Å². The SMILES string of the molecule is C=CCOc1cccc([C@@H]2/C(=C(\O)c3ccc(OCC)cc3)C(=O)C(=O)N2Cc2cccnc2)c1. The number of aromatic nitrogens is 1. The molecule has 1 amide bonds. The van der Waals surface area contributed by atoms with Crippen LogP contribution in [-0.2, 0) is 16.1 Å². The van der Waals surface area contributed by atoms with Crippen LogP contribution < -0.4 is 9.47 Å².